The molecule has 0 radical (unpaired) electrons. The molecule has 5 heteroatoms. The van der Waals surface area contributed by atoms with Crippen LogP contribution in [0.15, 0.2) is 22.7 Å². The molecular formula is C11H11BrO4. The Morgan fingerprint density at radius 1 is 1.44 bits per heavy atom. The van der Waals surface area contributed by atoms with Crippen LogP contribution >= 0.6 is 15.9 Å². The fraction of sp³-hybridized carbons (Fsp3) is 0.273. The molecule has 1 unspecified atom stereocenters. The van der Waals surface area contributed by atoms with Crippen LogP contribution < -0.4 is 0 Å². The number of carboxylic acids is 1. The van der Waals surface area contributed by atoms with Crippen molar-refractivity contribution < 1.29 is 19.8 Å². The highest BCUT2D eigenvalue weighted by Gasteiger charge is 2.19. The van der Waals surface area contributed by atoms with E-state index < -0.39 is 12.1 Å². The van der Waals surface area contributed by atoms with Crippen molar-refractivity contribution in [2.75, 3.05) is 0 Å². The summed E-state index contributed by atoms with van der Waals surface area (Å²) >= 11 is 3.16. The number of hydrogen-bond acceptors (Lipinski definition) is 3. The van der Waals surface area contributed by atoms with Gasteiger partial charge in [-0.25, -0.2) is 4.79 Å². The van der Waals surface area contributed by atoms with Crippen LogP contribution in [0.3, 0.4) is 0 Å². The number of rotatable bonds is 4. The summed E-state index contributed by atoms with van der Waals surface area (Å²) < 4.78 is 0.509. The Labute approximate surface area is 101 Å². The summed E-state index contributed by atoms with van der Waals surface area (Å²) in [5.41, 5.74) is 0.942. The maximum atomic E-state index is 10.9. The highest BCUT2D eigenvalue weighted by atomic mass is 79.9. The fourth-order valence-electron chi connectivity index (χ4n) is 1.33. The maximum Gasteiger partial charge on any atom is 0.337 e. The number of Topliss-reactive ketones (excluding diaryl/α,β-unsaturated/α-hetero) is 1. The van der Waals surface area contributed by atoms with Crippen molar-refractivity contribution in [2.24, 2.45) is 0 Å². The zero-order valence-corrected chi connectivity index (χ0v) is 10.2. The summed E-state index contributed by atoms with van der Waals surface area (Å²) in [5.74, 6) is -1.33. The number of hydrogen-bond donors (Lipinski definition) is 2. The Hall–Kier alpha value is -1.20. The molecule has 1 aromatic carbocycles. The highest BCUT2D eigenvalue weighted by molar-refractivity contribution is 9.10. The summed E-state index contributed by atoms with van der Waals surface area (Å²) in [4.78, 5) is 21.6. The van der Waals surface area contributed by atoms with Gasteiger partial charge in [0.2, 0.25) is 0 Å². The lowest BCUT2D eigenvalue weighted by atomic mass is 10.0. The molecular weight excluding hydrogens is 276 g/mol. The predicted octanol–water partition coefficient (Wildman–Crippen LogP) is 1.70. The molecule has 0 bridgehead atoms. The zero-order valence-electron chi connectivity index (χ0n) is 8.61. The fourth-order valence-corrected chi connectivity index (χ4v) is 1.80. The number of aliphatic carboxylic acids is 1. The van der Waals surface area contributed by atoms with E-state index in [1.807, 2.05) is 0 Å². The summed E-state index contributed by atoms with van der Waals surface area (Å²) in [6, 6.07) is 4.85. The van der Waals surface area contributed by atoms with Gasteiger partial charge in [0.05, 0.1) is 0 Å². The van der Waals surface area contributed by atoms with Gasteiger partial charge in [0.1, 0.15) is 5.78 Å². The van der Waals surface area contributed by atoms with Gasteiger partial charge in [-0.05, 0) is 18.6 Å². The van der Waals surface area contributed by atoms with E-state index in [0.717, 1.165) is 0 Å². The summed E-state index contributed by atoms with van der Waals surface area (Å²) in [5, 5.41) is 18.1. The molecule has 0 aliphatic carbocycles. The third-order valence-electron chi connectivity index (χ3n) is 2.04. The Morgan fingerprint density at radius 2 is 2.06 bits per heavy atom. The van der Waals surface area contributed by atoms with Crippen LogP contribution in [0.25, 0.3) is 0 Å². The summed E-state index contributed by atoms with van der Waals surface area (Å²) in [6.45, 7) is 1.45. The van der Waals surface area contributed by atoms with Crippen molar-refractivity contribution in [2.45, 2.75) is 19.4 Å². The number of carbonyl (C=O) groups excluding carboxylic acids is 1. The maximum absolute atomic E-state index is 10.9. The van der Waals surface area contributed by atoms with Crippen LogP contribution in [0.1, 0.15) is 24.2 Å². The standard InChI is InChI=1S/C11H11BrO4/c1-6(13)4-7-2-3-9(12)8(5-7)10(14)11(15)16/h2-3,5,10,14H,4H2,1H3,(H,15,16). The third kappa shape index (κ3) is 3.15. The van der Waals surface area contributed by atoms with Gasteiger partial charge in [-0.2, -0.15) is 0 Å². The van der Waals surface area contributed by atoms with Crippen LogP contribution in [-0.2, 0) is 16.0 Å². The third-order valence-corrected chi connectivity index (χ3v) is 2.76. The molecule has 0 fully saturated rings. The normalized spacial score (nSPS) is 12.2. The second-order valence-electron chi connectivity index (χ2n) is 3.48. The predicted molar refractivity (Wildman–Crippen MR) is 61.1 cm³/mol. The Morgan fingerprint density at radius 3 is 2.56 bits per heavy atom. The molecule has 1 aromatic rings. The minimum absolute atomic E-state index is 0.0157. The molecule has 4 nitrogen and oxygen atoms in total. The molecule has 0 aliphatic rings. The van der Waals surface area contributed by atoms with Crippen molar-refractivity contribution in [1.82, 2.24) is 0 Å². The SMILES string of the molecule is CC(=O)Cc1ccc(Br)c(C(O)C(=O)O)c1. The lowest BCUT2D eigenvalue weighted by Gasteiger charge is -2.10. The van der Waals surface area contributed by atoms with E-state index in [-0.39, 0.29) is 17.8 Å². The van der Waals surface area contributed by atoms with Gasteiger partial charge in [0, 0.05) is 16.5 Å². The second kappa shape index (κ2) is 5.23. The molecule has 16 heavy (non-hydrogen) atoms. The molecule has 2 N–H and O–H groups in total. The molecule has 0 spiro atoms. The van der Waals surface area contributed by atoms with Crippen LogP contribution in [0, 0.1) is 0 Å². The van der Waals surface area contributed by atoms with E-state index in [1.54, 1.807) is 12.1 Å². The molecule has 1 rings (SSSR count). The first-order valence-electron chi connectivity index (χ1n) is 4.60. The van der Waals surface area contributed by atoms with E-state index >= 15 is 0 Å². The first-order chi connectivity index (χ1) is 7.41. The van der Waals surface area contributed by atoms with Gasteiger partial charge in [0.15, 0.2) is 6.10 Å². The van der Waals surface area contributed by atoms with Crippen LogP contribution in [-0.4, -0.2) is 22.0 Å². The molecule has 0 aromatic heterocycles. The van der Waals surface area contributed by atoms with Crippen molar-refractivity contribution in [3.05, 3.63) is 33.8 Å². The van der Waals surface area contributed by atoms with Crippen LogP contribution in [0.4, 0.5) is 0 Å². The number of aliphatic hydroxyl groups is 1. The van der Waals surface area contributed by atoms with E-state index in [4.69, 9.17) is 5.11 Å². The van der Waals surface area contributed by atoms with Gasteiger partial charge >= 0.3 is 5.97 Å². The Kier molecular flexibility index (Phi) is 4.20. The van der Waals surface area contributed by atoms with Gasteiger partial charge in [-0.3, -0.25) is 4.79 Å². The summed E-state index contributed by atoms with van der Waals surface area (Å²) in [6.07, 6.45) is -1.35. The minimum Gasteiger partial charge on any atom is -0.479 e. The summed E-state index contributed by atoms with van der Waals surface area (Å²) in [7, 11) is 0. The molecule has 86 valence electrons. The number of benzene rings is 1. The van der Waals surface area contributed by atoms with Gasteiger partial charge in [-0.15, -0.1) is 0 Å². The number of carbonyl (C=O) groups is 2. The number of ketones is 1. The zero-order chi connectivity index (χ0) is 12.3. The lowest BCUT2D eigenvalue weighted by Crippen LogP contribution is -2.11. The molecule has 0 heterocycles. The largest absolute Gasteiger partial charge is 0.479 e. The van der Waals surface area contributed by atoms with E-state index in [0.29, 0.717) is 10.0 Å². The topological polar surface area (TPSA) is 74.6 Å². The quantitative estimate of drug-likeness (QED) is 0.883. The van der Waals surface area contributed by atoms with Crippen molar-refractivity contribution in [3.8, 4) is 0 Å². The van der Waals surface area contributed by atoms with E-state index in [9.17, 15) is 14.7 Å². The van der Waals surface area contributed by atoms with E-state index in [2.05, 4.69) is 15.9 Å². The van der Waals surface area contributed by atoms with Gasteiger partial charge in [0.25, 0.3) is 0 Å². The van der Waals surface area contributed by atoms with Gasteiger partial charge < -0.3 is 10.2 Å². The smallest absolute Gasteiger partial charge is 0.337 e. The van der Waals surface area contributed by atoms with Crippen molar-refractivity contribution in [3.63, 3.8) is 0 Å². The Balaban J connectivity index is 3.08. The van der Waals surface area contributed by atoms with Crippen molar-refractivity contribution >= 4 is 27.7 Å². The van der Waals surface area contributed by atoms with Crippen LogP contribution in [0.5, 0.6) is 0 Å². The van der Waals surface area contributed by atoms with E-state index in [1.165, 1.54) is 13.0 Å². The molecule has 0 amide bonds. The number of aliphatic hydroxyl groups excluding tert-OH is 1. The average molecular weight is 287 g/mol. The second-order valence-corrected chi connectivity index (χ2v) is 4.33. The first-order valence-corrected chi connectivity index (χ1v) is 5.39. The molecule has 0 saturated carbocycles. The lowest BCUT2D eigenvalue weighted by molar-refractivity contribution is -0.147. The first kappa shape index (κ1) is 12.9. The molecule has 1 atom stereocenters. The molecule has 0 aliphatic heterocycles. The monoisotopic (exact) mass is 286 g/mol. The average Bonchev–Trinajstić information content (AvgIpc) is 2.19. The highest BCUT2D eigenvalue weighted by Crippen LogP contribution is 2.25. The molecule has 0 saturated heterocycles. The Bertz CT molecular complexity index is 428. The minimum atomic E-state index is -1.58. The van der Waals surface area contributed by atoms with Crippen molar-refractivity contribution in [1.29, 1.82) is 0 Å². The number of halogens is 1. The van der Waals surface area contributed by atoms with Crippen LogP contribution in [0.2, 0.25) is 0 Å². The van der Waals surface area contributed by atoms with Gasteiger partial charge in [-0.1, -0.05) is 28.1 Å². The number of carboxylic acid groups (broad SMARTS) is 1.